The number of benzene rings is 3. The third-order valence-electron chi connectivity index (χ3n) is 4.02. The number of nitrogens with one attached hydrogen (secondary N) is 1. The van der Waals surface area contributed by atoms with Gasteiger partial charge in [0.15, 0.2) is 0 Å². The summed E-state index contributed by atoms with van der Waals surface area (Å²) in [6, 6.07) is 25.8. The number of hydrogen-bond acceptors (Lipinski definition) is 4. The number of para-hydroxylation sites is 2. The van der Waals surface area contributed by atoms with E-state index in [1.54, 1.807) is 0 Å². The first kappa shape index (κ1) is 19.6. The Morgan fingerprint density at radius 1 is 0.750 bits per heavy atom. The predicted molar refractivity (Wildman–Crippen MR) is 113 cm³/mol. The summed E-state index contributed by atoms with van der Waals surface area (Å²) in [6.07, 6.45) is 0.149. The molecule has 0 radical (unpaired) electrons. The molecule has 0 aliphatic rings. The Hall–Kier alpha value is -3.14. The van der Waals surface area contributed by atoms with E-state index in [0.717, 1.165) is 28.5 Å². The highest BCUT2D eigenvalue weighted by atomic mass is 16.5. The van der Waals surface area contributed by atoms with Gasteiger partial charge in [-0.3, -0.25) is 0 Å². The minimum atomic E-state index is 0.149. The second kappa shape index (κ2) is 10.3. The van der Waals surface area contributed by atoms with Crippen LogP contribution in [0.3, 0.4) is 0 Å². The number of anilines is 1. The van der Waals surface area contributed by atoms with E-state index in [9.17, 15) is 0 Å². The minimum absolute atomic E-state index is 0.149. The van der Waals surface area contributed by atoms with Crippen LogP contribution in [0.25, 0.3) is 0 Å². The topological polar surface area (TPSA) is 39.7 Å². The van der Waals surface area contributed by atoms with Crippen LogP contribution in [0.4, 0.5) is 5.69 Å². The van der Waals surface area contributed by atoms with Crippen LogP contribution in [0.15, 0.2) is 78.9 Å². The second-order valence-corrected chi connectivity index (χ2v) is 6.67. The maximum Gasteiger partial charge on any atom is 0.124 e. The molecule has 0 saturated carbocycles. The summed E-state index contributed by atoms with van der Waals surface area (Å²) in [5, 5.41) is 3.44. The molecule has 0 unspecified atom stereocenters. The highest BCUT2D eigenvalue weighted by molar-refractivity contribution is 5.49. The van der Waals surface area contributed by atoms with E-state index in [1.165, 1.54) is 0 Å². The zero-order chi connectivity index (χ0) is 19.6. The monoisotopic (exact) mass is 377 g/mol. The van der Waals surface area contributed by atoms with Crippen LogP contribution >= 0.6 is 0 Å². The summed E-state index contributed by atoms with van der Waals surface area (Å²) < 4.78 is 17.3. The molecule has 28 heavy (non-hydrogen) atoms. The van der Waals surface area contributed by atoms with Crippen molar-refractivity contribution in [3.05, 3.63) is 84.4 Å². The molecule has 0 spiro atoms. The summed E-state index contributed by atoms with van der Waals surface area (Å²) >= 11 is 0. The summed E-state index contributed by atoms with van der Waals surface area (Å²) in [7, 11) is 0. The van der Waals surface area contributed by atoms with E-state index < -0.39 is 0 Å². The van der Waals surface area contributed by atoms with E-state index in [-0.39, 0.29) is 6.10 Å². The number of rotatable bonds is 10. The standard InChI is InChI=1S/C24H27NO3/c1-19(2)28-24-14-7-6-9-20(24)18-25-21-10-8-13-23(17-21)27-16-15-26-22-11-4-3-5-12-22/h3-14,17,19,25H,15-16,18H2,1-2H3. The van der Waals surface area contributed by atoms with Crippen molar-refractivity contribution in [3.63, 3.8) is 0 Å². The van der Waals surface area contributed by atoms with Crippen molar-refractivity contribution >= 4 is 5.69 Å². The maximum atomic E-state index is 5.88. The molecule has 0 heterocycles. The lowest BCUT2D eigenvalue weighted by Gasteiger charge is -2.15. The predicted octanol–water partition coefficient (Wildman–Crippen LogP) is 5.54. The summed E-state index contributed by atoms with van der Waals surface area (Å²) in [4.78, 5) is 0. The largest absolute Gasteiger partial charge is 0.491 e. The molecule has 0 fully saturated rings. The molecular weight excluding hydrogens is 350 g/mol. The molecule has 0 aliphatic heterocycles. The smallest absolute Gasteiger partial charge is 0.124 e. The van der Waals surface area contributed by atoms with E-state index in [2.05, 4.69) is 11.4 Å². The van der Waals surface area contributed by atoms with Gasteiger partial charge in [-0.25, -0.2) is 0 Å². The van der Waals surface area contributed by atoms with Gasteiger partial charge in [0.1, 0.15) is 30.5 Å². The van der Waals surface area contributed by atoms with Crippen LogP contribution in [0.1, 0.15) is 19.4 Å². The lowest BCUT2D eigenvalue weighted by Crippen LogP contribution is -2.10. The van der Waals surface area contributed by atoms with Crippen molar-refractivity contribution in [3.8, 4) is 17.2 Å². The highest BCUT2D eigenvalue weighted by Crippen LogP contribution is 2.22. The Balaban J connectivity index is 1.50. The second-order valence-electron chi connectivity index (χ2n) is 6.67. The summed E-state index contributed by atoms with van der Waals surface area (Å²) in [5.41, 5.74) is 2.12. The molecule has 3 rings (SSSR count). The molecule has 0 bridgehead atoms. The average Bonchev–Trinajstić information content (AvgIpc) is 2.71. The maximum absolute atomic E-state index is 5.88. The van der Waals surface area contributed by atoms with Gasteiger partial charge in [0.25, 0.3) is 0 Å². The normalized spacial score (nSPS) is 10.5. The van der Waals surface area contributed by atoms with Crippen LogP contribution in [-0.2, 0) is 6.54 Å². The van der Waals surface area contributed by atoms with Crippen LogP contribution < -0.4 is 19.5 Å². The van der Waals surface area contributed by atoms with E-state index in [1.807, 2.05) is 86.6 Å². The van der Waals surface area contributed by atoms with Gasteiger partial charge in [-0.1, -0.05) is 42.5 Å². The Kier molecular flexibility index (Phi) is 7.19. The van der Waals surface area contributed by atoms with Gasteiger partial charge < -0.3 is 19.5 Å². The Morgan fingerprint density at radius 3 is 2.21 bits per heavy atom. The average molecular weight is 377 g/mol. The van der Waals surface area contributed by atoms with E-state index in [0.29, 0.717) is 19.8 Å². The summed E-state index contributed by atoms with van der Waals surface area (Å²) in [5.74, 6) is 2.58. The van der Waals surface area contributed by atoms with Gasteiger partial charge in [0.05, 0.1) is 6.10 Å². The highest BCUT2D eigenvalue weighted by Gasteiger charge is 2.05. The Labute approximate surface area is 167 Å². The van der Waals surface area contributed by atoms with Crippen molar-refractivity contribution in [2.24, 2.45) is 0 Å². The fraction of sp³-hybridized carbons (Fsp3) is 0.250. The molecule has 0 saturated heterocycles. The summed E-state index contributed by atoms with van der Waals surface area (Å²) in [6.45, 7) is 5.74. The minimum Gasteiger partial charge on any atom is -0.491 e. The van der Waals surface area contributed by atoms with Crippen molar-refractivity contribution < 1.29 is 14.2 Å². The molecule has 0 amide bonds. The molecular formula is C24H27NO3. The number of ether oxygens (including phenoxy) is 3. The fourth-order valence-corrected chi connectivity index (χ4v) is 2.75. The van der Waals surface area contributed by atoms with Crippen molar-refractivity contribution in [2.45, 2.75) is 26.5 Å². The molecule has 146 valence electrons. The van der Waals surface area contributed by atoms with Crippen LogP contribution in [0.2, 0.25) is 0 Å². The first-order valence-electron chi connectivity index (χ1n) is 9.60. The molecule has 1 N–H and O–H groups in total. The van der Waals surface area contributed by atoms with Crippen molar-refractivity contribution in [1.82, 2.24) is 0 Å². The molecule has 0 aromatic heterocycles. The van der Waals surface area contributed by atoms with Gasteiger partial charge in [-0.05, 0) is 44.2 Å². The van der Waals surface area contributed by atoms with Gasteiger partial charge in [-0.2, -0.15) is 0 Å². The van der Waals surface area contributed by atoms with Gasteiger partial charge >= 0.3 is 0 Å². The van der Waals surface area contributed by atoms with Crippen molar-refractivity contribution in [1.29, 1.82) is 0 Å². The zero-order valence-electron chi connectivity index (χ0n) is 16.4. The van der Waals surface area contributed by atoms with Crippen LogP contribution in [0, 0.1) is 0 Å². The van der Waals surface area contributed by atoms with Gasteiger partial charge in [-0.15, -0.1) is 0 Å². The SMILES string of the molecule is CC(C)Oc1ccccc1CNc1cccc(OCCOc2ccccc2)c1. The molecule has 3 aromatic rings. The van der Waals surface area contributed by atoms with Crippen molar-refractivity contribution in [2.75, 3.05) is 18.5 Å². The van der Waals surface area contributed by atoms with E-state index >= 15 is 0 Å². The van der Waals surface area contributed by atoms with Gasteiger partial charge in [0.2, 0.25) is 0 Å². The van der Waals surface area contributed by atoms with E-state index in [4.69, 9.17) is 14.2 Å². The van der Waals surface area contributed by atoms with Crippen LogP contribution in [0.5, 0.6) is 17.2 Å². The van der Waals surface area contributed by atoms with Crippen LogP contribution in [-0.4, -0.2) is 19.3 Å². The third-order valence-corrected chi connectivity index (χ3v) is 4.02. The first-order chi connectivity index (χ1) is 13.7. The lowest BCUT2D eigenvalue weighted by atomic mass is 10.2. The molecule has 0 aliphatic carbocycles. The Morgan fingerprint density at radius 2 is 1.43 bits per heavy atom. The Bertz CT molecular complexity index is 849. The number of hydrogen-bond donors (Lipinski definition) is 1. The third kappa shape index (κ3) is 6.23. The molecule has 0 atom stereocenters. The van der Waals surface area contributed by atoms with Gasteiger partial charge in [0, 0.05) is 23.9 Å². The zero-order valence-corrected chi connectivity index (χ0v) is 16.4. The first-order valence-corrected chi connectivity index (χ1v) is 9.60. The molecule has 4 heteroatoms. The quantitative estimate of drug-likeness (QED) is 0.471. The molecule has 3 aromatic carbocycles. The molecule has 4 nitrogen and oxygen atoms in total. The fourth-order valence-electron chi connectivity index (χ4n) is 2.75. The lowest BCUT2D eigenvalue weighted by molar-refractivity contribution is 0.217.